The molecule has 0 radical (unpaired) electrons. The molecule has 1 rings (SSSR count). The summed E-state index contributed by atoms with van der Waals surface area (Å²) in [7, 11) is 0. The molecule has 0 bridgehead atoms. The fourth-order valence-corrected chi connectivity index (χ4v) is 1.07. The first-order valence-electron chi connectivity index (χ1n) is 3.86. The zero-order chi connectivity index (χ0) is 9.14. The summed E-state index contributed by atoms with van der Waals surface area (Å²) < 4.78 is 0. The first-order valence-corrected chi connectivity index (χ1v) is 4.30. The number of carbonyl (C=O) groups excluding carboxylic acids is 1. The Hall–Kier alpha value is -0.820. The molecule has 0 amide bonds. The maximum atomic E-state index is 11.3. The van der Waals surface area contributed by atoms with Crippen LogP contribution in [-0.2, 0) is 0 Å². The van der Waals surface area contributed by atoms with E-state index in [2.05, 4.69) is 0 Å². The largest absolute Gasteiger partial charge is 0.293 e. The molecule has 0 aliphatic carbocycles. The van der Waals surface area contributed by atoms with Gasteiger partial charge in [0.25, 0.3) is 0 Å². The molecule has 0 unspecified atom stereocenters. The van der Waals surface area contributed by atoms with Crippen LogP contribution >= 0.6 is 11.6 Å². The number of benzene rings is 1. The van der Waals surface area contributed by atoms with E-state index in [4.69, 9.17) is 11.6 Å². The first kappa shape index (κ1) is 9.27. The lowest BCUT2D eigenvalue weighted by Crippen LogP contribution is -2.09. The summed E-state index contributed by atoms with van der Waals surface area (Å²) in [6.45, 7) is 3.67. The average Bonchev–Trinajstić information content (AvgIpc) is 2.04. The van der Waals surface area contributed by atoms with Gasteiger partial charge in [0, 0.05) is 5.56 Å². The van der Waals surface area contributed by atoms with Crippen molar-refractivity contribution in [1.29, 1.82) is 0 Å². The third-order valence-electron chi connectivity index (χ3n) is 1.70. The number of ketones is 1. The number of hydrogen-bond donors (Lipinski definition) is 0. The molecule has 0 saturated carbocycles. The molecule has 0 spiro atoms. The lowest BCUT2D eigenvalue weighted by Gasteiger charge is -2.01. The third-order valence-corrected chi connectivity index (χ3v) is 1.90. The molecule has 0 saturated heterocycles. The van der Waals surface area contributed by atoms with Crippen LogP contribution in [0.3, 0.4) is 0 Å². The van der Waals surface area contributed by atoms with Crippen LogP contribution in [0.25, 0.3) is 0 Å². The number of halogens is 1. The van der Waals surface area contributed by atoms with Crippen molar-refractivity contribution in [2.24, 2.45) is 0 Å². The third kappa shape index (κ3) is 2.08. The Morgan fingerprint density at radius 3 is 2.25 bits per heavy atom. The highest BCUT2D eigenvalue weighted by molar-refractivity contribution is 6.33. The maximum Gasteiger partial charge on any atom is 0.180 e. The molecule has 1 aromatic rings. The van der Waals surface area contributed by atoms with Gasteiger partial charge in [-0.05, 0) is 13.8 Å². The molecule has 64 valence electrons. The number of hydrogen-bond acceptors (Lipinski definition) is 1. The van der Waals surface area contributed by atoms with Gasteiger partial charge in [0.15, 0.2) is 5.78 Å². The molecule has 12 heavy (non-hydrogen) atoms. The molecule has 0 aliphatic heterocycles. The average molecular weight is 183 g/mol. The Morgan fingerprint density at radius 2 is 1.83 bits per heavy atom. The zero-order valence-electron chi connectivity index (χ0n) is 7.17. The number of carbonyl (C=O) groups is 1. The van der Waals surface area contributed by atoms with Gasteiger partial charge < -0.3 is 0 Å². The predicted octanol–water partition coefficient (Wildman–Crippen LogP) is 2.81. The Kier molecular flexibility index (Phi) is 2.88. The van der Waals surface area contributed by atoms with Gasteiger partial charge >= 0.3 is 0 Å². The minimum atomic E-state index is -0.437. The van der Waals surface area contributed by atoms with Gasteiger partial charge in [-0.3, -0.25) is 4.79 Å². The number of aryl methyl sites for hydroxylation is 1. The van der Waals surface area contributed by atoms with Crippen LogP contribution in [-0.4, -0.2) is 11.2 Å². The zero-order valence-corrected chi connectivity index (χ0v) is 7.93. The first-order chi connectivity index (χ1) is 5.61. The lowest BCUT2D eigenvalue weighted by atomic mass is 10.1. The second kappa shape index (κ2) is 3.72. The van der Waals surface area contributed by atoms with Crippen LogP contribution in [0, 0.1) is 6.92 Å². The highest BCUT2D eigenvalue weighted by Gasteiger charge is 2.10. The molecule has 1 nitrogen and oxygen atoms in total. The number of rotatable bonds is 2. The van der Waals surface area contributed by atoms with Crippen LogP contribution in [0.1, 0.15) is 22.8 Å². The normalized spacial score (nSPS) is 12.6. The van der Waals surface area contributed by atoms with Crippen LogP contribution < -0.4 is 0 Å². The van der Waals surface area contributed by atoms with Crippen molar-refractivity contribution in [2.75, 3.05) is 0 Å². The minimum Gasteiger partial charge on any atom is -0.293 e. The van der Waals surface area contributed by atoms with E-state index in [1.807, 2.05) is 19.1 Å². The topological polar surface area (TPSA) is 17.1 Å². The van der Waals surface area contributed by atoms with E-state index in [-0.39, 0.29) is 5.78 Å². The van der Waals surface area contributed by atoms with Crippen molar-refractivity contribution in [2.45, 2.75) is 19.2 Å². The van der Waals surface area contributed by atoms with Gasteiger partial charge in [-0.25, -0.2) is 0 Å². The molecule has 0 heterocycles. The molecule has 0 aromatic heterocycles. The fraction of sp³-hybridized carbons (Fsp3) is 0.300. The summed E-state index contributed by atoms with van der Waals surface area (Å²) in [4.78, 5) is 11.3. The molecule has 2 heteroatoms. The van der Waals surface area contributed by atoms with Gasteiger partial charge in [-0.15, -0.1) is 11.6 Å². The smallest absolute Gasteiger partial charge is 0.180 e. The van der Waals surface area contributed by atoms with Crippen molar-refractivity contribution in [3.63, 3.8) is 0 Å². The van der Waals surface area contributed by atoms with E-state index in [1.165, 1.54) is 0 Å². The Bertz CT molecular complexity index is 274. The van der Waals surface area contributed by atoms with E-state index in [0.29, 0.717) is 5.56 Å². The lowest BCUT2D eigenvalue weighted by molar-refractivity contribution is 0.0992. The van der Waals surface area contributed by atoms with Gasteiger partial charge in [-0.1, -0.05) is 29.8 Å². The van der Waals surface area contributed by atoms with Gasteiger partial charge in [-0.2, -0.15) is 0 Å². The van der Waals surface area contributed by atoms with Crippen molar-refractivity contribution in [1.82, 2.24) is 0 Å². The standard InChI is InChI=1S/C10H11ClO/c1-7-3-5-9(6-4-7)10(12)8(2)11/h3-6,8H,1-2H3/t8-/m0/s1. The summed E-state index contributed by atoms with van der Waals surface area (Å²) in [5.41, 5.74) is 1.83. The molecular weight excluding hydrogens is 172 g/mol. The molecule has 0 fully saturated rings. The van der Waals surface area contributed by atoms with Crippen molar-refractivity contribution in [3.8, 4) is 0 Å². The summed E-state index contributed by atoms with van der Waals surface area (Å²) >= 11 is 5.65. The quantitative estimate of drug-likeness (QED) is 0.508. The van der Waals surface area contributed by atoms with Gasteiger partial charge in [0.05, 0.1) is 5.38 Å². The number of Topliss-reactive ketones (excluding diaryl/α,β-unsaturated/α-hetero) is 1. The van der Waals surface area contributed by atoms with Crippen LogP contribution in [0.15, 0.2) is 24.3 Å². The second-order valence-corrected chi connectivity index (χ2v) is 3.50. The monoisotopic (exact) mass is 182 g/mol. The van der Waals surface area contributed by atoms with Crippen molar-refractivity contribution in [3.05, 3.63) is 35.4 Å². The van der Waals surface area contributed by atoms with Gasteiger partial charge in [0.2, 0.25) is 0 Å². The Morgan fingerprint density at radius 1 is 1.33 bits per heavy atom. The van der Waals surface area contributed by atoms with E-state index < -0.39 is 5.38 Å². The summed E-state index contributed by atoms with van der Waals surface area (Å²) in [5.74, 6) is -0.0170. The summed E-state index contributed by atoms with van der Waals surface area (Å²) in [6, 6.07) is 7.42. The predicted molar refractivity (Wildman–Crippen MR) is 50.8 cm³/mol. The van der Waals surface area contributed by atoms with Crippen LogP contribution in [0.2, 0.25) is 0 Å². The molecule has 0 aliphatic rings. The maximum absolute atomic E-state index is 11.3. The van der Waals surface area contributed by atoms with E-state index in [9.17, 15) is 4.79 Å². The summed E-state index contributed by atoms with van der Waals surface area (Å²) in [6.07, 6.45) is 0. The molecule has 0 N–H and O–H groups in total. The fourth-order valence-electron chi connectivity index (χ4n) is 0.947. The Balaban J connectivity index is 2.90. The molecule has 1 aromatic carbocycles. The van der Waals surface area contributed by atoms with E-state index in [0.717, 1.165) is 5.56 Å². The highest BCUT2D eigenvalue weighted by atomic mass is 35.5. The summed E-state index contributed by atoms with van der Waals surface area (Å²) in [5, 5.41) is -0.437. The van der Waals surface area contributed by atoms with E-state index in [1.54, 1.807) is 19.1 Å². The molecule has 1 atom stereocenters. The highest BCUT2D eigenvalue weighted by Crippen LogP contribution is 2.09. The van der Waals surface area contributed by atoms with E-state index >= 15 is 0 Å². The number of alkyl halides is 1. The second-order valence-electron chi connectivity index (χ2n) is 2.85. The van der Waals surface area contributed by atoms with Crippen LogP contribution in [0.5, 0.6) is 0 Å². The minimum absolute atomic E-state index is 0.0170. The van der Waals surface area contributed by atoms with Gasteiger partial charge in [0.1, 0.15) is 0 Å². The van der Waals surface area contributed by atoms with Crippen molar-refractivity contribution < 1.29 is 4.79 Å². The SMILES string of the molecule is Cc1ccc(C(=O)[C@H](C)Cl)cc1. The Labute approximate surface area is 77.4 Å². The molecular formula is C10H11ClO. The van der Waals surface area contributed by atoms with Crippen LogP contribution in [0.4, 0.5) is 0 Å². The van der Waals surface area contributed by atoms with Crippen molar-refractivity contribution >= 4 is 17.4 Å².